The maximum Gasteiger partial charge on any atom is 0.328 e. The minimum atomic E-state index is -3.60. The number of anilines is 1. The van der Waals surface area contributed by atoms with Gasteiger partial charge in [-0.3, -0.25) is 4.79 Å². The third kappa shape index (κ3) is 5.31. The molecule has 2 aromatic carbocycles. The number of β-lactam (4-membered cyclic amide) rings is 1. The average molecular weight is 590 g/mol. The highest BCUT2D eigenvalue weighted by molar-refractivity contribution is 7.90. The van der Waals surface area contributed by atoms with Gasteiger partial charge in [-0.1, -0.05) is 56.6 Å². The first-order valence-corrected chi connectivity index (χ1v) is 15.6. The Bertz CT molecular complexity index is 1400. The SMILES string of the molecule is CCC(C)(C)[C@@H](NC(=O)N1CCC2(CC1)C(=O)N(c1ccccc1S(C)(=O)=O)C2c1ccc(Cl)cc1)C(=O)OC. The van der Waals surface area contributed by atoms with Gasteiger partial charge < -0.3 is 19.9 Å². The lowest BCUT2D eigenvalue weighted by Gasteiger charge is -2.59. The molecule has 1 unspecified atom stereocenters. The van der Waals surface area contributed by atoms with Crippen molar-refractivity contribution in [1.82, 2.24) is 10.2 Å². The maximum absolute atomic E-state index is 13.9. The summed E-state index contributed by atoms with van der Waals surface area (Å²) in [6, 6.07) is 12.1. The summed E-state index contributed by atoms with van der Waals surface area (Å²) in [7, 11) is -2.31. The second-order valence-corrected chi connectivity index (χ2v) is 13.7. The monoisotopic (exact) mass is 589 g/mol. The van der Waals surface area contributed by atoms with Gasteiger partial charge in [-0.25, -0.2) is 18.0 Å². The van der Waals surface area contributed by atoms with Crippen LogP contribution in [0.4, 0.5) is 10.5 Å². The predicted molar refractivity (Wildman–Crippen MR) is 153 cm³/mol. The smallest absolute Gasteiger partial charge is 0.328 e. The number of nitrogens with zero attached hydrogens (tertiary/aromatic N) is 2. The Hall–Kier alpha value is -3.11. The van der Waals surface area contributed by atoms with Crippen LogP contribution in [0.3, 0.4) is 0 Å². The molecule has 216 valence electrons. The summed E-state index contributed by atoms with van der Waals surface area (Å²) < 4.78 is 30.1. The number of methoxy groups -OCH3 is 1. The molecule has 0 radical (unpaired) electrons. The number of carbonyl (C=O) groups is 3. The van der Waals surface area contributed by atoms with Crippen molar-refractivity contribution in [3.8, 4) is 0 Å². The largest absolute Gasteiger partial charge is 0.467 e. The standard InChI is InChI=1S/C29H36ClN3O6S/c1-6-28(2,3)23(25(34)39-4)31-27(36)32-17-15-29(16-18-32)24(19-11-13-20(30)14-12-19)33(26(29)35)21-9-7-8-10-22(21)40(5,37)38/h7-14,23-24H,6,15-18H2,1-5H3,(H,31,36)/t23-,24?/m0/s1. The van der Waals surface area contributed by atoms with Gasteiger partial charge in [0.2, 0.25) is 5.91 Å². The number of amides is 3. The van der Waals surface area contributed by atoms with Crippen molar-refractivity contribution in [1.29, 1.82) is 0 Å². The number of likely N-dealkylation sites (tertiary alicyclic amines) is 1. The molecule has 2 fully saturated rings. The highest BCUT2D eigenvalue weighted by Gasteiger charge is 2.62. The fraction of sp³-hybridized carbons (Fsp3) is 0.483. The first-order chi connectivity index (χ1) is 18.8. The number of benzene rings is 2. The number of esters is 1. The van der Waals surface area contributed by atoms with Crippen molar-refractivity contribution >= 4 is 45.0 Å². The fourth-order valence-electron chi connectivity index (χ4n) is 5.69. The van der Waals surface area contributed by atoms with E-state index in [1.807, 2.05) is 32.9 Å². The van der Waals surface area contributed by atoms with Gasteiger partial charge in [0, 0.05) is 24.4 Å². The molecule has 2 atom stereocenters. The van der Waals surface area contributed by atoms with Crippen molar-refractivity contribution in [2.24, 2.45) is 10.8 Å². The molecule has 1 N–H and O–H groups in total. The van der Waals surface area contributed by atoms with E-state index in [2.05, 4.69) is 5.32 Å². The first-order valence-electron chi connectivity index (χ1n) is 13.3. The van der Waals surface area contributed by atoms with E-state index in [1.165, 1.54) is 13.2 Å². The predicted octanol–water partition coefficient (Wildman–Crippen LogP) is 4.60. The zero-order valence-corrected chi connectivity index (χ0v) is 25.0. The van der Waals surface area contributed by atoms with E-state index < -0.39 is 38.7 Å². The normalized spacial score (nSPS) is 19.6. The molecule has 0 aliphatic carbocycles. The number of halogens is 1. The molecular weight excluding hydrogens is 554 g/mol. The number of urea groups is 1. The van der Waals surface area contributed by atoms with Crippen molar-refractivity contribution in [3.63, 3.8) is 0 Å². The number of ether oxygens (including phenoxy) is 1. The number of sulfone groups is 1. The maximum atomic E-state index is 13.9. The van der Waals surface area contributed by atoms with Crippen molar-refractivity contribution in [2.75, 3.05) is 31.4 Å². The number of carbonyl (C=O) groups excluding carboxylic acids is 3. The highest BCUT2D eigenvalue weighted by Crippen LogP contribution is 2.58. The molecule has 2 aromatic rings. The van der Waals surface area contributed by atoms with Gasteiger partial charge in [-0.15, -0.1) is 0 Å². The van der Waals surface area contributed by atoms with Crippen LogP contribution in [-0.2, 0) is 24.2 Å². The summed E-state index contributed by atoms with van der Waals surface area (Å²) >= 11 is 6.15. The fourth-order valence-corrected chi connectivity index (χ4v) is 6.69. The van der Waals surface area contributed by atoms with Gasteiger partial charge in [0.15, 0.2) is 9.84 Å². The van der Waals surface area contributed by atoms with Crippen LogP contribution in [0.2, 0.25) is 5.02 Å². The van der Waals surface area contributed by atoms with Gasteiger partial charge in [-0.2, -0.15) is 0 Å². The molecule has 1 spiro atoms. The molecule has 40 heavy (non-hydrogen) atoms. The molecule has 2 saturated heterocycles. The Kier molecular flexibility index (Phi) is 8.25. The lowest BCUT2D eigenvalue weighted by molar-refractivity contribution is -0.146. The van der Waals surface area contributed by atoms with E-state index in [0.717, 1.165) is 11.8 Å². The highest BCUT2D eigenvalue weighted by atomic mass is 35.5. The molecule has 0 saturated carbocycles. The number of nitrogens with one attached hydrogen (secondary N) is 1. The molecule has 0 aromatic heterocycles. The number of hydrogen-bond donors (Lipinski definition) is 1. The number of piperidine rings is 1. The van der Waals surface area contributed by atoms with E-state index in [9.17, 15) is 22.8 Å². The lowest BCUT2D eigenvalue weighted by Crippen LogP contribution is -2.67. The zero-order valence-electron chi connectivity index (χ0n) is 23.4. The average Bonchev–Trinajstić information content (AvgIpc) is 2.94. The summed E-state index contributed by atoms with van der Waals surface area (Å²) in [6.07, 6.45) is 2.54. The molecular formula is C29H36ClN3O6S. The van der Waals surface area contributed by atoms with Crippen LogP contribution >= 0.6 is 11.6 Å². The van der Waals surface area contributed by atoms with E-state index in [4.69, 9.17) is 16.3 Å². The minimum Gasteiger partial charge on any atom is -0.467 e. The minimum absolute atomic E-state index is 0.0846. The summed E-state index contributed by atoms with van der Waals surface area (Å²) in [5.74, 6) is -0.686. The van der Waals surface area contributed by atoms with Gasteiger partial charge in [0.05, 0.1) is 29.1 Å². The van der Waals surface area contributed by atoms with Gasteiger partial charge in [0.1, 0.15) is 6.04 Å². The zero-order chi connectivity index (χ0) is 29.5. The first kappa shape index (κ1) is 29.9. The van der Waals surface area contributed by atoms with Crippen LogP contribution in [0.25, 0.3) is 0 Å². The van der Waals surface area contributed by atoms with E-state index in [1.54, 1.807) is 40.1 Å². The molecule has 3 amide bonds. The molecule has 2 heterocycles. The number of para-hydroxylation sites is 1. The molecule has 2 aliphatic heterocycles. The van der Waals surface area contributed by atoms with Gasteiger partial charge in [-0.05, 0) is 54.5 Å². The van der Waals surface area contributed by atoms with Crippen LogP contribution in [0, 0.1) is 10.8 Å². The summed E-state index contributed by atoms with van der Waals surface area (Å²) in [5.41, 5.74) is -0.166. The summed E-state index contributed by atoms with van der Waals surface area (Å²) in [4.78, 5) is 42.9. The third-order valence-corrected chi connectivity index (χ3v) is 9.87. The quantitative estimate of drug-likeness (QED) is 0.373. The van der Waals surface area contributed by atoms with E-state index >= 15 is 0 Å². The van der Waals surface area contributed by atoms with Crippen molar-refractivity contribution < 1.29 is 27.5 Å². The van der Waals surface area contributed by atoms with Crippen molar-refractivity contribution in [2.45, 2.75) is 57.0 Å². The molecule has 0 bridgehead atoms. The molecule has 4 rings (SSSR count). The van der Waals surface area contributed by atoms with Crippen LogP contribution in [0.1, 0.15) is 51.6 Å². The van der Waals surface area contributed by atoms with Crippen LogP contribution < -0.4 is 10.2 Å². The Morgan fingerprint density at radius 3 is 2.27 bits per heavy atom. The molecule has 9 nitrogen and oxygen atoms in total. The van der Waals surface area contributed by atoms with Crippen LogP contribution in [0.5, 0.6) is 0 Å². The second-order valence-electron chi connectivity index (χ2n) is 11.3. The van der Waals surface area contributed by atoms with Gasteiger partial charge >= 0.3 is 12.0 Å². The molecule has 11 heteroatoms. The van der Waals surface area contributed by atoms with Crippen LogP contribution in [0.15, 0.2) is 53.4 Å². The van der Waals surface area contributed by atoms with E-state index in [0.29, 0.717) is 43.1 Å². The third-order valence-electron chi connectivity index (χ3n) is 8.48. The lowest BCUT2D eigenvalue weighted by atomic mass is 9.62. The van der Waals surface area contributed by atoms with Gasteiger partial charge in [0.25, 0.3) is 0 Å². The second kappa shape index (κ2) is 11.0. The Morgan fingerprint density at radius 1 is 1.12 bits per heavy atom. The summed E-state index contributed by atoms with van der Waals surface area (Å²) in [6.45, 7) is 6.33. The summed E-state index contributed by atoms with van der Waals surface area (Å²) in [5, 5.41) is 3.40. The van der Waals surface area contributed by atoms with E-state index in [-0.39, 0.29) is 16.8 Å². The number of hydrogen-bond acceptors (Lipinski definition) is 6. The van der Waals surface area contributed by atoms with Crippen molar-refractivity contribution in [3.05, 3.63) is 59.1 Å². The molecule has 2 aliphatic rings. The number of rotatable bonds is 7. The Labute approximate surface area is 240 Å². The topological polar surface area (TPSA) is 113 Å². The Balaban J connectivity index is 1.62. The van der Waals surface area contributed by atoms with Crippen LogP contribution in [-0.4, -0.2) is 63.7 Å². The Morgan fingerprint density at radius 2 is 1.73 bits per heavy atom.